The van der Waals surface area contributed by atoms with Gasteiger partial charge in [-0.05, 0) is 36.2 Å². The molecule has 10 heteroatoms. The highest BCUT2D eigenvalue weighted by molar-refractivity contribution is 7.22. The summed E-state index contributed by atoms with van der Waals surface area (Å²) in [7, 11) is 6.38. The Morgan fingerprint density at radius 2 is 1.69 bits per heavy atom. The van der Waals surface area contributed by atoms with E-state index < -0.39 is 0 Å². The van der Waals surface area contributed by atoms with Crippen LogP contribution < -0.4 is 23.8 Å². The van der Waals surface area contributed by atoms with Crippen LogP contribution in [0.4, 0.5) is 5.13 Å². The minimum atomic E-state index is -0.0696. The Kier molecular flexibility index (Phi) is 7.71. The second-order valence-corrected chi connectivity index (χ2v) is 8.69. The minimum Gasteiger partial charge on any atom is -0.495 e. The van der Waals surface area contributed by atoms with Crippen molar-refractivity contribution in [2.45, 2.75) is 19.4 Å². The molecular formula is C25H28N4O5S. The summed E-state index contributed by atoms with van der Waals surface area (Å²) < 4.78 is 24.6. The van der Waals surface area contributed by atoms with Crippen LogP contribution in [-0.4, -0.2) is 55.4 Å². The number of hydrogen-bond acceptors (Lipinski definition) is 8. The van der Waals surface area contributed by atoms with E-state index >= 15 is 0 Å². The molecule has 184 valence electrons. The van der Waals surface area contributed by atoms with Crippen molar-refractivity contribution in [2.75, 3.05) is 39.9 Å². The van der Waals surface area contributed by atoms with E-state index in [1.54, 1.807) is 51.9 Å². The van der Waals surface area contributed by atoms with Gasteiger partial charge in [0.15, 0.2) is 16.6 Å². The fraction of sp³-hybridized carbons (Fsp3) is 0.320. The molecule has 0 unspecified atom stereocenters. The van der Waals surface area contributed by atoms with E-state index in [-0.39, 0.29) is 12.3 Å². The molecule has 0 bridgehead atoms. The Bertz CT molecular complexity index is 1250. The molecule has 0 saturated carbocycles. The average molecular weight is 497 g/mol. The lowest BCUT2D eigenvalue weighted by atomic mass is 10.1. The molecule has 0 aliphatic rings. The molecule has 0 radical (unpaired) electrons. The van der Waals surface area contributed by atoms with E-state index in [0.717, 1.165) is 23.2 Å². The molecule has 0 spiro atoms. The molecule has 0 fully saturated rings. The number of anilines is 1. The van der Waals surface area contributed by atoms with Crippen LogP contribution in [0.3, 0.4) is 0 Å². The number of rotatable bonds is 11. The van der Waals surface area contributed by atoms with E-state index in [1.165, 1.54) is 11.3 Å². The number of nitrogens with zero attached hydrogens (tertiary/aromatic N) is 4. The molecule has 0 aliphatic heterocycles. The fourth-order valence-corrected chi connectivity index (χ4v) is 4.93. The number of carbonyl (C=O) groups is 1. The summed E-state index contributed by atoms with van der Waals surface area (Å²) in [6.07, 6.45) is 6.34. The number of aromatic nitrogens is 3. The van der Waals surface area contributed by atoms with Crippen molar-refractivity contribution in [1.82, 2.24) is 14.5 Å². The molecule has 2 aromatic carbocycles. The van der Waals surface area contributed by atoms with Gasteiger partial charge in [0.25, 0.3) is 0 Å². The average Bonchev–Trinajstić information content (AvgIpc) is 3.56. The molecule has 2 aromatic heterocycles. The van der Waals surface area contributed by atoms with Crippen molar-refractivity contribution < 1.29 is 23.7 Å². The SMILES string of the molecule is COc1ccc(CC(=O)N(CCCn2ccnc2)c2nc3c(OC)ccc(OC)c3s2)cc1OC. The van der Waals surface area contributed by atoms with E-state index in [0.29, 0.717) is 40.2 Å². The molecule has 0 N–H and O–H groups in total. The third-order valence-electron chi connectivity index (χ3n) is 5.59. The molecule has 9 nitrogen and oxygen atoms in total. The van der Waals surface area contributed by atoms with Crippen LogP contribution in [0.1, 0.15) is 12.0 Å². The maximum absolute atomic E-state index is 13.6. The lowest BCUT2D eigenvalue weighted by molar-refractivity contribution is -0.118. The Balaban J connectivity index is 1.65. The Labute approximate surface area is 207 Å². The van der Waals surface area contributed by atoms with Gasteiger partial charge in [0.2, 0.25) is 5.91 Å². The molecule has 1 amide bonds. The van der Waals surface area contributed by atoms with E-state index in [9.17, 15) is 4.79 Å². The van der Waals surface area contributed by atoms with Crippen molar-refractivity contribution in [3.05, 3.63) is 54.6 Å². The summed E-state index contributed by atoms with van der Waals surface area (Å²) in [6.45, 7) is 1.23. The Morgan fingerprint density at radius 3 is 2.37 bits per heavy atom. The summed E-state index contributed by atoms with van der Waals surface area (Å²) in [6, 6.07) is 9.16. The summed E-state index contributed by atoms with van der Waals surface area (Å²) in [4.78, 5) is 24.2. The number of aryl methyl sites for hydroxylation is 1. The van der Waals surface area contributed by atoms with Gasteiger partial charge in [-0.1, -0.05) is 17.4 Å². The molecule has 35 heavy (non-hydrogen) atoms. The Morgan fingerprint density at radius 1 is 0.971 bits per heavy atom. The van der Waals surface area contributed by atoms with Gasteiger partial charge in [0.1, 0.15) is 21.7 Å². The van der Waals surface area contributed by atoms with Crippen molar-refractivity contribution in [1.29, 1.82) is 0 Å². The zero-order valence-electron chi connectivity index (χ0n) is 20.2. The predicted molar refractivity (Wildman–Crippen MR) is 135 cm³/mol. The quantitative estimate of drug-likeness (QED) is 0.308. The lowest BCUT2D eigenvalue weighted by Gasteiger charge is -2.20. The van der Waals surface area contributed by atoms with Gasteiger partial charge in [0.05, 0.1) is 41.2 Å². The highest BCUT2D eigenvalue weighted by atomic mass is 32.1. The van der Waals surface area contributed by atoms with Crippen LogP contribution in [0.2, 0.25) is 0 Å². The molecule has 0 aliphatic carbocycles. The van der Waals surface area contributed by atoms with Crippen LogP contribution >= 0.6 is 11.3 Å². The zero-order chi connectivity index (χ0) is 24.8. The summed E-state index contributed by atoms with van der Waals surface area (Å²) >= 11 is 1.41. The van der Waals surface area contributed by atoms with Crippen molar-refractivity contribution in [2.24, 2.45) is 0 Å². The smallest absolute Gasteiger partial charge is 0.233 e. The normalized spacial score (nSPS) is 10.9. The van der Waals surface area contributed by atoms with Gasteiger partial charge in [-0.15, -0.1) is 0 Å². The fourth-order valence-electron chi connectivity index (χ4n) is 3.81. The van der Waals surface area contributed by atoms with Gasteiger partial charge >= 0.3 is 0 Å². The summed E-state index contributed by atoms with van der Waals surface area (Å²) in [5.74, 6) is 2.45. The van der Waals surface area contributed by atoms with Gasteiger partial charge in [-0.3, -0.25) is 9.69 Å². The highest BCUT2D eigenvalue weighted by Gasteiger charge is 2.23. The number of ether oxygens (including phenoxy) is 4. The molecule has 2 heterocycles. The van der Waals surface area contributed by atoms with E-state index in [2.05, 4.69) is 4.98 Å². The lowest BCUT2D eigenvalue weighted by Crippen LogP contribution is -2.33. The second-order valence-electron chi connectivity index (χ2n) is 7.71. The van der Waals surface area contributed by atoms with Crippen LogP contribution in [0.5, 0.6) is 23.0 Å². The summed E-state index contributed by atoms with van der Waals surface area (Å²) in [5.41, 5.74) is 1.49. The molecule has 0 saturated heterocycles. The Hall–Kier alpha value is -3.79. The number of hydrogen-bond donors (Lipinski definition) is 0. The molecule has 4 rings (SSSR count). The minimum absolute atomic E-state index is 0.0696. The van der Waals surface area contributed by atoms with Crippen LogP contribution in [0, 0.1) is 0 Å². The third kappa shape index (κ3) is 5.32. The maximum Gasteiger partial charge on any atom is 0.233 e. The number of amides is 1. The first kappa shape index (κ1) is 24.3. The highest BCUT2D eigenvalue weighted by Crippen LogP contribution is 2.40. The molecule has 4 aromatic rings. The largest absolute Gasteiger partial charge is 0.495 e. The van der Waals surface area contributed by atoms with Gasteiger partial charge in [-0.2, -0.15) is 0 Å². The number of methoxy groups -OCH3 is 4. The van der Waals surface area contributed by atoms with Gasteiger partial charge in [-0.25, -0.2) is 9.97 Å². The predicted octanol–water partition coefficient (Wildman–Crippen LogP) is 4.19. The van der Waals surface area contributed by atoms with E-state index in [4.69, 9.17) is 23.9 Å². The number of carbonyl (C=O) groups excluding carboxylic acids is 1. The van der Waals surface area contributed by atoms with Crippen LogP contribution in [0.25, 0.3) is 10.2 Å². The third-order valence-corrected chi connectivity index (χ3v) is 6.68. The van der Waals surface area contributed by atoms with Crippen molar-refractivity contribution in [3.8, 4) is 23.0 Å². The van der Waals surface area contributed by atoms with Crippen LogP contribution in [-0.2, 0) is 17.8 Å². The topological polar surface area (TPSA) is 87.9 Å². The van der Waals surface area contributed by atoms with Crippen molar-refractivity contribution in [3.63, 3.8) is 0 Å². The zero-order valence-corrected chi connectivity index (χ0v) is 21.0. The monoisotopic (exact) mass is 496 g/mol. The first-order chi connectivity index (χ1) is 17.1. The van der Waals surface area contributed by atoms with Crippen LogP contribution in [0.15, 0.2) is 49.1 Å². The number of fused-ring (bicyclic) bond motifs is 1. The maximum atomic E-state index is 13.6. The first-order valence-corrected chi connectivity index (χ1v) is 11.9. The first-order valence-electron chi connectivity index (χ1n) is 11.1. The standard InChI is InChI=1S/C25H28N4O5S/c1-31-18-7-6-17(14-21(18)34-4)15-22(30)29(12-5-11-28-13-10-26-16-28)25-27-23-19(32-2)8-9-20(33-3)24(23)35-25/h6-10,13-14,16H,5,11-12,15H2,1-4H3. The van der Waals surface area contributed by atoms with Crippen molar-refractivity contribution >= 4 is 32.6 Å². The van der Waals surface area contributed by atoms with E-state index in [1.807, 2.05) is 35.0 Å². The number of benzene rings is 2. The number of imidazole rings is 1. The molecule has 0 atom stereocenters. The summed E-state index contributed by atoms with van der Waals surface area (Å²) in [5, 5.41) is 0.596. The number of thiazole rings is 1. The molecular weight excluding hydrogens is 468 g/mol. The second kappa shape index (κ2) is 11.1. The van der Waals surface area contributed by atoms with Gasteiger partial charge in [0, 0.05) is 25.5 Å². The van der Waals surface area contributed by atoms with Gasteiger partial charge < -0.3 is 23.5 Å².